The van der Waals surface area contributed by atoms with E-state index in [4.69, 9.17) is 0 Å². The van der Waals surface area contributed by atoms with Crippen LogP contribution in [0.15, 0.2) is 24.3 Å². The summed E-state index contributed by atoms with van der Waals surface area (Å²) in [4.78, 5) is 4.97. The van der Waals surface area contributed by atoms with Crippen LogP contribution < -0.4 is 5.32 Å². The molecule has 118 valence electrons. The molecule has 21 heavy (non-hydrogen) atoms. The summed E-state index contributed by atoms with van der Waals surface area (Å²) in [6, 6.07) is 9.80. The summed E-state index contributed by atoms with van der Waals surface area (Å²) < 4.78 is 0. The molecule has 1 aliphatic heterocycles. The lowest BCUT2D eigenvalue weighted by atomic mass is 10.0. The summed E-state index contributed by atoms with van der Waals surface area (Å²) in [6.45, 7) is 7.80. The highest BCUT2D eigenvalue weighted by Gasteiger charge is 2.20. The van der Waals surface area contributed by atoms with E-state index in [0.29, 0.717) is 6.04 Å². The minimum atomic E-state index is 0.703. The molecule has 1 saturated heterocycles. The highest BCUT2D eigenvalue weighted by Crippen LogP contribution is 2.16. The van der Waals surface area contributed by atoms with Gasteiger partial charge in [-0.15, -0.1) is 0 Å². The second-order valence-corrected chi connectivity index (χ2v) is 6.47. The molecule has 0 spiro atoms. The van der Waals surface area contributed by atoms with Gasteiger partial charge < -0.3 is 10.2 Å². The third-order valence-corrected chi connectivity index (χ3v) is 4.43. The molecule has 1 aliphatic rings. The highest BCUT2D eigenvalue weighted by molar-refractivity contribution is 5.22. The van der Waals surface area contributed by atoms with E-state index in [1.807, 2.05) is 0 Å². The van der Waals surface area contributed by atoms with E-state index in [1.165, 1.54) is 43.5 Å². The van der Waals surface area contributed by atoms with E-state index in [2.05, 4.69) is 60.4 Å². The predicted molar refractivity (Wildman–Crippen MR) is 90.4 cm³/mol. The van der Waals surface area contributed by atoms with Crippen molar-refractivity contribution in [3.8, 4) is 0 Å². The van der Waals surface area contributed by atoms with Crippen LogP contribution in [0, 0.1) is 0 Å². The number of nitrogens with zero attached hydrogens (tertiary/aromatic N) is 2. The first kappa shape index (κ1) is 16.5. The van der Waals surface area contributed by atoms with Crippen LogP contribution in [-0.2, 0) is 13.1 Å². The number of likely N-dealkylation sites (tertiary alicyclic amines) is 1. The lowest BCUT2D eigenvalue weighted by molar-refractivity contribution is 0.129. The zero-order valence-electron chi connectivity index (χ0n) is 13.9. The van der Waals surface area contributed by atoms with Crippen molar-refractivity contribution >= 4 is 0 Å². The Balaban J connectivity index is 1.81. The zero-order valence-corrected chi connectivity index (χ0v) is 13.9. The zero-order chi connectivity index (χ0) is 15.1. The van der Waals surface area contributed by atoms with Gasteiger partial charge in [0.1, 0.15) is 0 Å². The molecule has 3 heteroatoms. The van der Waals surface area contributed by atoms with Crippen molar-refractivity contribution in [2.24, 2.45) is 0 Å². The fraction of sp³-hybridized carbons (Fsp3) is 0.667. The third-order valence-electron chi connectivity index (χ3n) is 4.43. The average molecular weight is 289 g/mol. The molecule has 0 bridgehead atoms. The van der Waals surface area contributed by atoms with Crippen LogP contribution in [0.5, 0.6) is 0 Å². The van der Waals surface area contributed by atoms with Crippen LogP contribution in [0.1, 0.15) is 37.3 Å². The Bertz CT molecular complexity index is 401. The van der Waals surface area contributed by atoms with Gasteiger partial charge >= 0.3 is 0 Å². The Morgan fingerprint density at radius 2 is 1.95 bits per heavy atom. The van der Waals surface area contributed by atoms with Gasteiger partial charge in [0.25, 0.3) is 0 Å². The molecule has 0 aromatic heterocycles. The van der Waals surface area contributed by atoms with Gasteiger partial charge in [-0.1, -0.05) is 31.2 Å². The fourth-order valence-corrected chi connectivity index (χ4v) is 3.09. The molecule has 1 heterocycles. The summed E-state index contributed by atoms with van der Waals surface area (Å²) in [5, 5.41) is 3.45. The maximum absolute atomic E-state index is 3.45. The Morgan fingerprint density at radius 1 is 1.24 bits per heavy atom. The van der Waals surface area contributed by atoms with Crippen LogP contribution in [0.25, 0.3) is 0 Å². The van der Waals surface area contributed by atoms with Gasteiger partial charge in [-0.3, -0.25) is 4.90 Å². The van der Waals surface area contributed by atoms with Gasteiger partial charge in [0.15, 0.2) is 0 Å². The molecule has 1 atom stereocenters. The van der Waals surface area contributed by atoms with Crippen molar-refractivity contribution in [2.75, 3.05) is 33.7 Å². The molecule has 0 aliphatic carbocycles. The highest BCUT2D eigenvalue weighted by atomic mass is 15.2. The number of piperidine rings is 1. The molecule has 1 aromatic rings. The van der Waals surface area contributed by atoms with Crippen molar-refractivity contribution < 1.29 is 0 Å². The number of nitrogens with one attached hydrogen (secondary N) is 1. The Morgan fingerprint density at radius 3 is 2.62 bits per heavy atom. The number of hydrogen-bond acceptors (Lipinski definition) is 3. The van der Waals surface area contributed by atoms with Crippen LogP contribution in [0.3, 0.4) is 0 Å². The van der Waals surface area contributed by atoms with E-state index in [0.717, 1.165) is 19.6 Å². The topological polar surface area (TPSA) is 18.5 Å². The second kappa shape index (κ2) is 8.52. The molecule has 3 nitrogen and oxygen atoms in total. The molecule has 0 saturated carbocycles. The lowest BCUT2D eigenvalue weighted by Crippen LogP contribution is -2.44. The molecule has 2 rings (SSSR count). The monoisotopic (exact) mass is 289 g/mol. The molecular weight excluding hydrogens is 258 g/mol. The molecular formula is C18H31N3. The van der Waals surface area contributed by atoms with Gasteiger partial charge in [0.05, 0.1) is 0 Å². The number of rotatable bonds is 7. The summed E-state index contributed by atoms with van der Waals surface area (Å²) in [6.07, 6.45) is 3.85. The van der Waals surface area contributed by atoms with Crippen molar-refractivity contribution in [3.05, 3.63) is 35.4 Å². The van der Waals surface area contributed by atoms with Crippen LogP contribution in [-0.4, -0.2) is 49.6 Å². The largest absolute Gasteiger partial charge is 0.313 e. The van der Waals surface area contributed by atoms with E-state index < -0.39 is 0 Å². The van der Waals surface area contributed by atoms with Gasteiger partial charge in [0, 0.05) is 25.7 Å². The standard InChI is InChI=1S/C18H31N3/c1-4-11-19-13-16-7-9-17(10-8-16)14-21(3)18-6-5-12-20(2)15-18/h7-10,18-19H,4-6,11-15H2,1-3H3. The van der Waals surface area contributed by atoms with Crippen molar-refractivity contribution in [2.45, 2.75) is 45.3 Å². The van der Waals surface area contributed by atoms with Crippen LogP contribution >= 0.6 is 0 Å². The smallest absolute Gasteiger partial charge is 0.0234 e. The molecule has 0 radical (unpaired) electrons. The van der Waals surface area contributed by atoms with Crippen molar-refractivity contribution in [3.63, 3.8) is 0 Å². The normalized spacial score (nSPS) is 20.1. The quantitative estimate of drug-likeness (QED) is 0.779. The number of likely N-dealkylation sites (N-methyl/N-ethyl adjacent to an activating group) is 2. The lowest BCUT2D eigenvalue weighted by Gasteiger charge is -2.35. The summed E-state index contributed by atoms with van der Waals surface area (Å²) >= 11 is 0. The minimum absolute atomic E-state index is 0.703. The second-order valence-electron chi connectivity index (χ2n) is 6.47. The van der Waals surface area contributed by atoms with Crippen LogP contribution in [0.4, 0.5) is 0 Å². The molecule has 0 amide bonds. The molecule has 1 aromatic carbocycles. The molecule has 1 unspecified atom stereocenters. The molecule has 1 fully saturated rings. The van der Waals surface area contributed by atoms with Crippen LogP contribution in [0.2, 0.25) is 0 Å². The van der Waals surface area contributed by atoms with E-state index in [-0.39, 0.29) is 0 Å². The Labute approximate surface area is 130 Å². The third kappa shape index (κ3) is 5.42. The summed E-state index contributed by atoms with van der Waals surface area (Å²) in [5.74, 6) is 0. The first-order valence-corrected chi connectivity index (χ1v) is 8.36. The van der Waals surface area contributed by atoms with Gasteiger partial charge in [-0.25, -0.2) is 0 Å². The van der Waals surface area contributed by atoms with E-state index >= 15 is 0 Å². The van der Waals surface area contributed by atoms with E-state index in [9.17, 15) is 0 Å². The first-order chi connectivity index (χ1) is 10.2. The Hall–Kier alpha value is -0.900. The maximum atomic E-state index is 3.45. The number of hydrogen-bond donors (Lipinski definition) is 1. The average Bonchev–Trinajstić information content (AvgIpc) is 2.49. The van der Waals surface area contributed by atoms with Crippen molar-refractivity contribution in [1.29, 1.82) is 0 Å². The first-order valence-electron chi connectivity index (χ1n) is 8.36. The summed E-state index contributed by atoms with van der Waals surface area (Å²) in [5.41, 5.74) is 2.80. The minimum Gasteiger partial charge on any atom is -0.313 e. The van der Waals surface area contributed by atoms with Crippen molar-refractivity contribution in [1.82, 2.24) is 15.1 Å². The Kier molecular flexibility index (Phi) is 6.68. The summed E-state index contributed by atoms with van der Waals surface area (Å²) in [7, 11) is 4.50. The fourth-order valence-electron chi connectivity index (χ4n) is 3.09. The maximum Gasteiger partial charge on any atom is 0.0234 e. The SMILES string of the molecule is CCCNCc1ccc(CN(C)C2CCCN(C)C2)cc1. The van der Waals surface area contributed by atoms with E-state index in [1.54, 1.807) is 0 Å². The van der Waals surface area contributed by atoms with Gasteiger partial charge in [-0.2, -0.15) is 0 Å². The predicted octanol–water partition coefficient (Wildman–Crippen LogP) is 2.71. The molecule has 1 N–H and O–H groups in total. The number of benzene rings is 1. The van der Waals surface area contributed by atoms with Gasteiger partial charge in [0.2, 0.25) is 0 Å². The van der Waals surface area contributed by atoms with Gasteiger partial charge in [-0.05, 0) is 57.6 Å².